The second kappa shape index (κ2) is 10.7. The number of carboxylic acid groups (broad SMARTS) is 1. The zero-order valence-electron chi connectivity index (χ0n) is 16.2. The predicted molar refractivity (Wildman–Crippen MR) is 95.6 cm³/mol. The van der Waals surface area contributed by atoms with Crippen molar-refractivity contribution in [3.8, 4) is 17.6 Å². The Morgan fingerprint density at radius 3 is 1.69 bits per heavy atom. The Morgan fingerprint density at radius 1 is 0.962 bits per heavy atom. The van der Waals surface area contributed by atoms with Gasteiger partial charge in [0.2, 0.25) is 0 Å². The monoisotopic (exact) mass is 361 g/mol. The van der Waals surface area contributed by atoms with Crippen molar-refractivity contribution in [1.29, 1.82) is 5.26 Å². The first kappa shape index (κ1) is 21.8. The van der Waals surface area contributed by atoms with Gasteiger partial charge in [0, 0.05) is 11.1 Å². The average Bonchev–Trinajstić information content (AvgIpc) is 2.65. The van der Waals surface area contributed by atoms with Gasteiger partial charge in [-0.3, -0.25) is 4.79 Å². The van der Waals surface area contributed by atoms with Crippen molar-refractivity contribution in [2.24, 2.45) is 0 Å². The molecule has 0 spiro atoms. The Hall–Kier alpha value is -2.26. The van der Waals surface area contributed by atoms with E-state index in [0.717, 1.165) is 11.1 Å². The van der Waals surface area contributed by atoms with E-state index >= 15 is 0 Å². The van der Waals surface area contributed by atoms with Crippen LogP contribution in [-0.2, 0) is 4.79 Å². The third kappa shape index (κ3) is 5.63. The van der Waals surface area contributed by atoms with E-state index in [1.165, 1.54) is 0 Å². The summed E-state index contributed by atoms with van der Waals surface area (Å²) in [5.41, 5.74) is 2.80. The second-order valence-corrected chi connectivity index (χ2v) is 5.32. The fourth-order valence-corrected chi connectivity index (χ4v) is 2.50. The molecule has 130 valence electrons. The van der Waals surface area contributed by atoms with Gasteiger partial charge in [0.05, 0.1) is 26.7 Å². The number of allylic oxidation sites excluding steroid dienone is 1. The van der Waals surface area contributed by atoms with Crippen LogP contribution in [0.4, 0.5) is 0 Å². The van der Waals surface area contributed by atoms with E-state index in [1.807, 2.05) is 48.5 Å². The summed E-state index contributed by atoms with van der Waals surface area (Å²) in [5.74, 6) is 0.486. The fourth-order valence-electron chi connectivity index (χ4n) is 2.50. The number of methoxy groups -OCH3 is 2. The minimum Gasteiger partial charge on any atom is -1.00 e. The van der Waals surface area contributed by atoms with Crippen molar-refractivity contribution in [3.05, 3.63) is 65.2 Å². The molecular weight excluding hydrogens is 341 g/mol. The molecule has 2 aromatic rings. The predicted octanol–water partition coefficient (Wildman–Crippen LogP) is 1.01. The van der Waals surface area contributed by atoms with Gasteiger partial charge in [0.25, 0.3) is 0 Å². The van der Waals surface area contributed by atoms with Gasteiger partial charge in [-0.1, -0.05) is 24.3 Å². The molecule has 0 bridgehead atoms. The van der Waals surface area contributed by atoms with Gasteiger partial charge in [-0.15, -0.1) is 0 Å². The maximum Gasteiger partial charge on any atom is 1.00 e. The van der Waals surface area contributed by atoms with E-state index in [-0.39, 0.29) is 43.8 Å². The number of carboxylic acids is 1. The van der Waals surface area contributed by atoms with E-state index in [9.17, 15) is 10.1 Å². The molecule has 0 heterocycles. The summed E-state index contributed by atoms with van der Waals surface area (Å²) in [6.45, 7) is 0. The van der Waals surface area contributed by atoms with Crippen LogP contribution in [0, 0.1) is 11.3 Å². The van der Waals surface area contributed by atoms with Crippen molar-refractivity contribution in [2.75, 3.05) is 14.2 Å². The van der Waals surface area contributed by atoms with Gasteiger partial charge in [0.15, 0.2) is 0 Å². The first-order valence-corrected chi connectivity index (χ1v) is 7.73. The van der Waals surface area contributed by atoms with Crippen LogP contribution < -0.4 is 39.0 Å². The number of hydrogen-bond acceptors (Lipinski definition) is 4. The van der Waals surface area contributed by atoms with Gasteiger partial charge >= 0.3 is 35.5 Å². The number of hydrogen-bond donors (Lipinski definition) is 1. The molecule has 0 saturated heterocycles. The first-order chi connectivity index (χ1) is 12.1. The van der Waals surface area contributed by atoms with Crippen molar-refractivity contribution >= 4 is 11.5 Å². The minimum absolute atomic E-state index is 0. The Morgan fingerprint density at radius 2 is 1.38 bits per heavy atom. The number of benzene rings is 2. The minimum atomic E-state index is -0.934. The standard InChI is InChI=1S/C20H19NO4.Na.H/c1-24-17-8-3-14(4-9-17)20(16(13-21)7-12-19(22)23)15-5-10-18(25-2)11-6-15;;/h3-6,8-11H,7,12H2,1-2H3,(H,22,23);;/q;+1;-1. The van der Waals surface area contributed by atoms with Crippen molar-refractivity contribution in [1.82, 2.24) is 0 Å². The first-order valence-electron chi connectivity index (χ1n) is 7.73. The molecule has 0 radical (unpaired) electrons. The largest absolute Gasteiger partial charge is 1.00 e. The third-order valence-electron chi connectivity index (χ3n) is 3.78. The molecule has 0 saturated carbocycles. The normalized spacial score (nSPS) is 9.42. The SMILES string of the molecule is COc1ccc(C(=C(C#N)CCC(=O)O)c2ccc(OC)cc2)cc1.[H-].[Na+]. The molecule has 0 aliphatic heterocycles. The topological polar surface area (TPSA) is 79.5 Å². The van der Waals surface area contributed by atoms with Crippen LogP contribution in [0.2, 0.25) is 0 Å². The molecule has 6 heteroatoms. The molecule has 0 fully saturated rings. The third-order valence-corrected chi connectivity index (χ3v) is 3.78. The molecule has 0 aromatic heterocycles. The van der Waals surface area contributed by atoms with Gasteiger partial charge < -0.3 is 16.0 Å². The fraction of sp³-hybridized carbons (Fsp3) is 0.200. The van der Waals surface area contributed by atoms with Crippen LogP contribution >= 0.6 is 0 Å². The summed E-state index contributed by atoms with van der Waals surface area (Å²) >= 11 is 0. The number of ether oxygens (including phenoxy) is 2. The summed E-state index contributed by atoms with van der Waals surface area (Å²) < 4.78 is 10.4. The Balaban J connectivity index is 0.00000338. The average molecular weight is 361 g/mol. The summed E-state index contributed by atoms with van der Waals surface area (Å²) in [6.07, 6.45) is 0.0674. The summed E-state index contributed by atoms with van der Waals surface area (Å²) in [4.78, 5) is 10.9. The molecule has 0 aliphatic rings. The molecule has 2 rings (SSSR count). The summed E-state index contributed by atoms with van der Waals surface area (Å²) in [7, 11) is 3.17. The summed E-state index contributed by atoms with van der Waals surface area (Å²) in [5, 5.41) is 18.5. The quantitative estimate of drug-likeness (QED) is 0.588. The molecule has 1 N–H and O–H groups in total. The summed E-state index contributed by atoms with van der Waals surface area (Å²) in [6, 6.07) is 16.8. The van der Waals surface area contributed by atoms with E-state index in [4.69, 9.17) is 14.6 Å². The second-order valence-electron chi connectivity index (χ2n) is 5.32. The van der Waals surface area contributed by atoms with Crippen LogP contribution in [-0.4, -0.2) is 25.3 Å². The molecule has 5 nitrogen and oxygen atoms in total. The van der Waals surface area contributed by atoms with Crippen LogP contribution in [0.3, 0.4) is 0 Å². The van der Waals surface area contributed by atoms with Crippen LogP contribution in [0.1, 0.15) is 25.4 Å². The van der Waals surface area contributed by atoms with Crippen LogP contribution in [0.15, 0.2) is 54.1 Å². The zero-order valence-corrected chi connectivity index (χ0v) is 17.2. The Labute approximate surface area is 176 Å². The van der Waals surface area contributed by atoms with Crippen molar-refractivity contribution in [3.63, 3.8) is 0 Å². The van der Waals surface area contributed by atoms with Crippen molar-refractivity contribution in [2.45, 2.75) is 12.8 Å². The van der Waals surface area contributed by atoms with E-state index in [0.29, 0.717) is 22.6 Å². The Bertz CT molecular complexity index is 762. The Kier molecular flexibility index (Phi) is 8.94. The van der Waals surface area contributed by atoms with Gasteiger partial charge in [-0.05, 0) is 41.8 Å². The van der Waals surface area contributed by atoms with Gasteiger partial charge in [0.1, 0.15) is 11.5 Å². The van der Waals surface area contributed by atoms with Crippen molar-refractivity contribution < 1.29 is 50.4 Å². The van der Waals surface area contributed by atoms with E-state index < -0.39 is 5.97 Å². The van der Waals surface area contributed by atoms with Gasteiger partial charge in [-0.2, -0.15) is 5.26 Å². The molecule has 0 atom stereocenters. The maximum atomic E-state index is 10.9. The van der Waals surface area contributed by atoms with Gasteiger partial charge in [-0.25, -0.2) is 0 Å². The van der Waals surface area contributed by atoms with E-state index in [2.05, 4.69) is 6.07 Å². The molecular formula is C20H20NNaO4. The number of nitrogens with zero attached hydrogens (tertiary/aromatic N) is 1. The molecule has 0 aliphatic carbocycles. The smallest absolute Gasteiger partial charge is 1.00 e. The zero-order chi connectivity index (χ0) is 18.2. The molecule has 2 aromatic carbocycles. The number of carbonyl (C=O) groups is 1. The number of aliphatic carboxylic acids is 1. The number of rotatable bonds is 7. The van der Waals surface area contributed by atoms with Crippen LogP contribution in [0.5, 0.6) is 11.5 Å². The van der Waals surface area contributed by atoms with E-state index in [1.54, 1.807) is 14.2 Å². The molecule has 0 unspecified atom stereocenters. The maximum absolute atomic E-state index is 10.9. The number of nitriles is 1. The molecule has 26 heavy (non-hydrogen) atoms. The van der Waals surface area contributed by atoms with Crippen LogP contribution in [0.25, 0.3) is 5.57 Å². The molecule has 0 amide bonds.